The highest BCUT2D eigenvalue weighted by molar-refractivity contribution is 5.51. The van der Waals surface area contributed by atoms with Crippen LogP contribution >= 0.6 is 0 Å². The molecule has 2 rings (SSSR count). The molecule has 1 aliphatic heterocycles. The minimum absolute atomic E-state index is 0.0218. The Hall–Kier alpha value is -2.37. The number of aldehydes is 1. The van der Waals surface area contributed by atoms with Crippen molar-refractivity contribution in [2.24, 2.45) is 0 Å². The van der Waals surface area contributed by atoms with Gasteiger partial charge in [-0.3, -0.25) is 4.79 Å². The van der Waals surface area contributed by atoms with Gasteiger partial charge in [-0.15, -0.1) is 0 Å². The molecule has 1 N–H and O–H groups in total. The third-order valence-corrected chi connectivity index (χ3v) is 3.93. The van der Waals surface area contributed by atoms with Gasteiger partial charge in [0.15, 0.2) is 6.29 Å². The van der Waals surface area contributed by atoms with E-state index in [2.05, 4.69) is 18.5 Å². The number of carbonyl (C=O) groups excluding carboxylic acids is 1. The van der Waals surface area contributed by atoms with Gasteiger partial charge in [0.05, 0.1) is 6.61 Å². The molecule has 0 bridgehead atoms. The zero-order chi connectivity index (χ0) is 20.1. The van der Waals surface area contributed by atoms with Crippen molar-refractivity contribution >= 4 is 6.29 Å². The smallest absolute Gasteiger partial charge is 0.157 e. The van der Waals surface area contributed by atoms with E-state index in [0.29, 0.717) is 18.1 Å². The van der Waals surface area contributed by atoms with Crippen LogP contribution in [-0.4, -0.2) is 49.1 Å². The van der Waals surface area contributed by atoms with E-state index in [1.165, 1.54) is 0 Å². The fourth-order valence-corrected chi connectivity index (χ4v) is 2.46. The molecule has 1 heterocycles. The lowest BCUT2D eigenvalue weighted by Gasteiger charge is -2.16. The molecule has 5 heteroatoms. The second-order valence-corrected chi connectivity index (χ2v) is 6.41. The van der Waals surface area contributed by atoms with E-state index >= 15 is 0 Å². The van der Waals surface area contributed by atoms with Crippen LogP contribution < -0.4 is 4.74 Å². The third-order valence-electron chi connectivity index (χ3n) is 3.93. The number of likely N-dealkylation sites (N-methyl/N-ethyl adjacent to an activating group) is 1. The number of rotatable bonds is 8. The molecule has 0 aliphatic carbocycles. The molecule has 0 aromatic heterocycles. The van der Waals surface area contributed by atoms with Crippen LogP contribution in [0.3, 0.4) is 0 Å². The fourth-order valence-electron chi connectivity index (χ4n) is 2.46. The Morgan fingerprint density at radius 1 is 1.37 bits per heavy atom. The molecule has 1 aliphatic rings. The number of aliphatic hydroxyl groups excluding tert-OH is 1. The van der Waals surface area contributed by atoms with Crippen LogP contribution in [0.5, 0.6) is 5.75 Å². The van der Waals surface area contributed by atoms with E-state index < -0.39 is 0 Å². The molecule has 0 spiro atoms. The zero-order valence-corrected chi connectivity index (χ0v) is 16.6. The van der Waals surface area contributed by atoms with Crippen LogP contribution in [-0.2, 0) is 16.1 Å². The molecule has 0 saturated carbocycles. The Kier molecular flexibility index (Phi) is 10.8. The van der Waals surface area contributed by atoms with E-state index in [-0.39, 0.29) is 13.2 Å². The van der Waals surface area contributed by atoms with Gasteiger partial charge in [0, 0.05) is 13.1 Å². The second kappa shape index (κ2) is 12.9. The first-order chi connectivity index (χ1) is 13.0. The van der Waals surface area contributed by atoms with Crippen LogP contribution in [0.25, 0.3) is 0 Å². The first-order valence-electron chi connectivity index (χ1n) is 9.10. The molecule has 1 saturated heterocycles. The van der Waals surface area contributed by atoms with Gasteiger partial charge in [-0.25, -0.2) is 0 Å². The van der Waals surface area contributed by atoms with E-state index in [1.807, 2.05) is 32.1 Å². The standard InChI is InChI=1S/C13H21NO.C9H10O3/c1-5-6-7-13(11(2)3)15-12-8-9-14(4)10-12;10-5-6-12-9-3-1-8(7-11)2-4-9/h5-7,12H,2,8-10H2,1,3-4H3;1-5,11H,6-7H2/b6-5-,13-7+;. The van der Waals surface area contributed by atoms with E-state index in [4.69, 9.17) is 14.6 Å². The summed E-state index contributed by atoms with van der Waals surface area (Å²) < 4.78 is 10.9. The van der Waals surface area contributed by atoms with Crippen LogP contribution in [0.4, 0.5) is 0 Å². The highest BCUT2D eigenvalue weighted by Gasteiger charge is 2.21. The molecule has 0 amide bonds. The van der Waals surface area contributed by atoms with Crippen LogP contribution in [0.2, 0.25) is 0 Å². The van der Waals surface area contributed by atoms with E-state index in [1.54, 1.807) is 24.3 Å². The van der Waals surface area contributed by atoms with Crippen molar-refractivity contribution in [2.75, 3.05) is 26.7 Å². The van der Waals surface area contributed by atoms with Crippen molar-refractivity contribution in [1.82, 2.24) is 4.90 Å². The lowest BCUT2D eigenvalue weighted by molar-refractivity contribution is -0.109. The van der Waals surface area contributed by atoms with Gasteiger partial charge < -0.3 is 19.5 Å². The molecule has 1 fully saturated rings. The number of aliphatic hydroxyl groups is 1. The fraction of sp³-hybridized carbons (Fsp3) is 0.409. The molecule has 1 aromatic rings. The molecular weight excluding hydrogens is 342 g/mol. The quantitative estimate of drug-likeness (QED) is 0.429. The summed E-state index contributed by atoms with van der Waals surface area (Å²) in [7, 11) is 2.12. The average Bonchev–Trinajstić information content (AvgIpc) is 3.09. The molecule has 1 atom stereocenters. The highest BCUT2D eigenvalue weighted by atomic mass is 16.5. The number of hydrogen-bond acceptors (Lipinski definition) is 5. The summed E-state index contributed by atoms with van der Waals surface area (Å²) in [5.74, 6) is 1.55. The van der Waals surface area contributed by atoms with Crippen molar-refractivity contribution < 1.29 is 19.4 Å². The number of hydrogen-bond donors (Lipinski definition) is 1. The number of carbonyl (C=O) groups is 1. The molecule has 5 nitrogen and oxygen atoms in total. The number of allylic oxidation sites excluding steroid dienone is 4. The predicted octanol–water partition coefficient (Wildman–Crippen LogP) is 3.50. The Labute approximate surface area is 162 Å². The maximum absolute atomic E-state index is 9.94. The maximum atomic E-state index is 9.94. The van der Waals surface area contributed by atoms with Gasteiger partial charge in [-0.2, -0.15) is 0 Å². The molecule has 27 heavy (non-hydrogen) atoms. The summed E-state index contributed by atoms with van der Waals surface area (Å²) in [5.41, 5.74) is 1.82. The van der Waals surface area contributed by atoms with Crippen molar-refractivity contribution in [3.05, 3.63) is 66.0 Å². The third kappa shape index (κ3) is 9.22. The normalized spacial score (nSPS) is 17.3. The van der Waals surface area contributed by atoms with Crippen molar-refractivity contribution in [3.8, 4) is 5.75 Å². The Morgan fingerprint density at radius 3 is 2.56 bits per heavy atom. The lowest BCUT2D eigenvalue weighted by Crippen LogP contribution is -2.19. The SMILES string of the molecule is C=C(C)/C(=C\C=C/C)OC1CCN(C)C1.O=CCOc1ccc(CO)cc1. The summed E-state index contributed by atoms with van der Waals surface area (Å²) in [6.45, 7) is 10.1. The summed E-state index contributed by atoms with van der Waals surface area (Å²) >= 11 is 0. The summed E-state index contributed by atoms with van der Waals surface area (Å²) in [6.07, 6.45) is 8.09. The van der Waals surface area contributed by atoms with Gasteiger partial charge in [0.25, 0.3) is 0 Å². The van der Waals surface area contributed by atoms with E-state index in [9.17, 15) is 4.79 Å². The summed E-state index contributed by atoms with van der Waals surface area (Å²) in [4.78, 5) is 12.2. The van der Waals surface area contributed by atoms with E-state index in [0.717, 1.165) is 36.4 Å². The predicted molar refractivity (Wildman–Crippen MR) is 109 cm³/mol. The highest BCUT2D eigenvalue weighted by Crippen LogP contribution is 2.18. The molecule has 1 aromatic carbocycles. The number of ether oxygens (including phenoxy) is 2. The average molecular weight is 373 g/mol. The summed E-state index contributed by atoms with van der Waals surface area (Å²) in [5, 5.41) is 8.71. The van der Waals surface area contributed by atoms with Gasteiger partial charge in [-0.1, -0.05) is 30.9 Å². The number of benzene rings is 1. The van der Waals surface area contributed by atoms with Crippen LogP contribution in [0.15, 0.2) is 60.4 Å². The first-order valence-corrected chi connectivity index (χ1v) is 9.10. The number of likely N-dealkylation sites (tertiary alicyclic amines) is 1. The topological polar surface area (TPSA) is 59.0 Å². The Balaban J connectivity index is 0.000000277. The second-order valence-electron chi connectivity index (χ2n) is 6.41. The van der Waals surface area contributed by atoms with Crippen molar-refractivity contribution in [3.63, 3.8) is 0 Å². The molecule has 148 valence electrons. The zero-order valence-electron chi connectivity index (χ0n) is 16.6. The van der Waals surface area contributed by atoms with Gasteiger partial charge in [-0.05, 0) is 56.7 Å². The number of nitrogens with zero attached hydrogens (tertiary/aromatic N) is 1. The van der Waals surface area contributed by atoms with Gasteiger partial charge >= 0.3 is 0 Å². The first kappa shape index (κ1) is 22.7. The summed E-state index contributed by atoms with van der Waals surface area (Å²) in [6, 6.07) is 6.93. The van der Waals surface area contributed by atoms with Crippen molar-refractivity contribution in [2.45, 2.75) is 33.0 Å². The monoisotopic (exact) mass is 373 g/mol. The van der Waals surface area contributed by atoms with Crippen molar-refractivity contribution in [1.29, 1.82) is 0 Å². The minimum atomic E-state index is 0.0218. The molecule has 1 unspecified atom stereocenters. The lowest BCUT2D eigenvalue weighted by atomic mass is 10.2. The molecular formula is C22H31NO4. The van der Waals surface area contributed by atoms with Crippen LogP contribution in [0, 0.1) is 0 Å². The Bertz CT molecular complexity index is 634. The Morgan fingerprint density at radius 2 is 2.07 bits per heavy atom. The maximum Gasteiger partial charge on any atom is 0.157 e. The minimum Gasteiger partial charge on any atom is -0.489 e. The van der Waals surface area contributed by atoms with Gasteiger partial charge in [0.2, 0.25) is 0 Å². The van der Waals surface area contributed by atoms with Crippen LogP contribution in [0.1, 0.15) is 25.8 Å². The largest absolute Gasteiger partial charge is 0.489 e. The van der Waals surface area contributed by atoms with Gasteiger partial charge in [0.1, 0.15) is 24.2 Å². The molecule has 0 radical (unpaired) electrons.